The molecule has 2 aromatic rings. The lowest BCUT2D eigenvalue weighted by Crippen LogP contribution is -2.21. The van der Waals surface area contributed by atoms with Gasteiger partial charge in [-0.25, -0.2) is 4.79 Å². The van der Waals surface area contributed by atoms with E-state index in [-0.39, 0.29) is 6.03 Å². The van der Waals surface area contributed by atoms with Crippen LogP contribution >= 0.6 is 0 Å². The summed E-state index contributed by atoms with van der Waals surface area (Å²) in [6.45, 7) is 8.23. The number of anilines is 2. The predicted octanol–water partition coefficient (Wildman–Crippen LogP) is 5.07. The topological polar surface area (TPSA) is 41.1 Å². The molecule has 0 saturated carbocycles. The fourth-order valence-electron chi connectivity index (χ4n) is 2.32. The Hall–Kier alpha value is -2.29. The molecular weight excluding hydrogens is 260 g/mol. The highest BCUT2D eigenvalue weighted by Gasteiger charge is 2.12. The predicted molar refractivity (Wildman–Crippen MR) is 89.1 cm³/mol. The third-order valence-corrected chi connectivity index (χ3v) is 3.56. The van der Waals surface area contributed by atoms with E-state index in [1.165, 1.54) is 0 Å². The molecule has 0 aromatic heterocycles. The monoisotopic (exact) mass is 282 g/mol. The van der Waals surface area contributed by atoms with Crippen LogP contribution in [-0.2, 0) is 0 Å². The molecule has 2 rings (SSSR count). The minimum atomic E-state index is -0.208. The molecule has 2 amide bonds. The first kappa shape index (κ1) is 15.1. The van der Waals surface area contributed by atoms with Gasteiger partial charge in [-0.3, -0.25) is 0 Å². The molecule has 0 aliphatic rings. The number of para-hydroxylation sites is 2. The molecule has 110 valence electrons. The van der Waals surface area contributed by atoms with Crippen molar-refractivity contribution < 1.29 is 4.79 Å². The molecule has 0 aliphatic carbocycles. The summed E-state index contributed by atoms with van der Waals surface area (Å²) in [6, 6.07) is 13.6. The van der Waals surface area contributed by atoms with E-state index in [1.807, 2.05) is 50.2 Å². The number of urea groups is 1. The number of rotatable bonds is 3. The Morgan fingerprint density at radius 1 is 0.905 bits per heavy atom. The van der Waals surface area contributed by atoms with E-state index in [4.69, 9.17) is 0 Å². The molecular formula is C18H22N2O. The Bertz CT molecular complexity index is 647. The van der Waals surface area contributed by atoms with E-state index in [0.29, 0.717) is 5.92 Å². The first-order chi connectivity index (χ1) is 9.99. The summed E-state index contributed by atoms with van der Waals surface area (Å²) in [6.07, 6.45) is 0. The Balaban J connectivity index is 2.19. The van der Waals surface area contributed by atoms with Crippen LogP contribution < -0.4 is 10.6 Å². The lowest BCUT2D eigenvalue weighted by Gasteiger charge is -2.17. The summed E-state index contributed by atoms with van der Waals surface area (Å²) in [7, 11) is 0. The van der Waals surface area contributed by atoms with Crippen molar-refractivity contribution in [3.05, 3.63) is 59.2 Å². The fraction of sp³-hybridized carbons (Fsp3) is 0.278. The zero-order valence-corrected chi connectivity index (χ0v) is 13.0. The average molecular weight is 282 g/mol. The Morgan fingerprint density at radius 3 is 2.24 bits per heavy atom. The molecule has 0 aliphatic heterocycles. The maximum absolute atomic E-state index is 12.2. The van der Waals surface area contributed by atoms with Gasteiger partial charge in [0.05, 0.1) is 0 Å². The second-order valence-corrected chi connectivity index (χ2v) is 5.59. The molecule has 0 atom stereocenters. The molecule has 0 fully saturated rings. The summed E-state index contributed by atoms with van der Waals surface area (Å²) < 4.78 is 0. The smallest absolute Gasteiger partial charge is 0.307 e. The summed E-state index contributed by atoms with van der Waals surface area (Å²) in [5, 5.41) is 5.89. The van der Waals surface area contributed by atoms with Crippen molar-refractivity contribution in [2.75, 3.05) is 10.6 Å². The van der Waals surface area contributed by atoms with E-state index >= 15 is 0 Å². The zero-order valence-electron chi connectivity index (χ0n) is 13.0. The minimum absolute atomic E-state index is 0.208. The van der Waals surface area contributed by atoms with Gasteiger partial charge in [0, 0.05) is 11.4 Å². The molecule has 21 heavy (non-hydrogen) atoms. The minimum Gasteiger partial charge on any atom is -0.307 e. The van der Waals surface area contributed by atoms with Gasteiger partial charge in [0.25, 0.3) is 0 Å². The van der Waals surface area contributed by atoms with E-state index < -0.39 is 0 Å². The number of carbonyl (C=O) groups excluding carboxylic acids is 1. The quantitative estimate of drug-likeness (QED) is 0.810. The van der Waals surface area contributed by atoms with Crippen LogP contribution in [0.15, 0.2) is 42.5 Å². The number of hydrogen-bond donors (Lipinski definition) is 2. The van der Waals surface area contributed by atoms with Crippen molar-refractivity contribution in [2.45, 2.75) is 33.6 Å². The van der Waals surface area contributed by atoms with Gasteiger partial charge < -0.3 is 10.6 Å². The highest BCUT2D eigenvalue weighted by Crippen LogP contribution is 2.27. The van der Waals surface area contributed by atoms with Crippen molar-refractivity contribution in [2.24, 2.45) is 0 Å². The second kappa shape index (κ2) is 6.44. The number of carbonyl (C=O) groups is 1. The molecule has 3 heteroatoms. The van der Waals surface area contributed by atoms with Crippen LogP contribution in [0.4, 0.5) is 16.2 Å². The lowest BCUT2D eigenvalue weighted by molar-refractivity contribution is 0.262. The van der Waals surface area contributed by atoms with Crippen molar-refractivity contribution in [3.8, 4) is 0 Å². The Kier molecular flexibility index (Phi) is 4.63. The number of nitrogens with one attached hydrogen (secondary N) is 2. The van der Waals surface area contributed by atoms with Gasteiger partial charge >= 0.3 is 6.03 Å². The average Bonchev–Trinajstić information content (AvgIpc) is 2.43. The molecule has 2 aromatic carbocycles. The lowest BCUT2D eigenvalue weighted by atomic mass is 9.98. The van der Waals surface area contributed by atoms with Gasteiger partial charge in [-0.2, -0.15) is 0 Å². The van der Waals surface area contributed by atoms with Crippen molar-refractivity contribution >= 4 is 17.4 Å². The van der Waals surface area contributed by atoms with Crippen LogP contribution in [0.5, 0.6) is 0 Å². The SMILES string of the molecule is Cc1ccccc1NC(=O)Nc1c(C)cccc1C(C)C. The molecule has 3 nitrogen and oxygen atoms in total. The van der Waals surface area contributed by atoms with E-state index in [9.17, 15) is 4.79 Å². The van der Waals surface area contributed by atoms with Gasteiger partial charge in [-0.1, -0.05) is 50.2 Å². The normalized spacial score (nSPS) is 10.5. The van der Waals surface area contributed by atoms with Gasteiger partial charge in [0.15, 0.2) is 0 Å². The zero-order chi connectivity index (χ0) is 15.4. The molecule has 0 spiro atoms. The van der Waals surface area contributed by atoms with Crippen molar-refractivity contribution in [1.29, 1.82) is 0 Å². The largest absolute Gasteiger partial charge is 0.323 e. The number of amides is 2. The second-order valence-electron chi connectivity index (χ2n) is 5.59. The highest BCUT2D eigenvalue weighted by atomic mass is 16.2. The molecule has 0 radical (unpaired) electrons. The van der Waals surface area contributed by atoms with Crippen LogP contribution in [0.3, 0.4) is 0 Å². The highest BCUT2D eigenvalue weighted by molar-refractivity contribution is 6.01. The third-order valence-electron chi connectivity index (χ3n) is 3.56. The third kappa shape index (κ3) is 3.63. The van der Waals surface area contributed by atoms with Crippen LogP contribution in [0.25, 0.3) is 0 Å². The summed E-state index contributed by atoms with van der Waals surface area (Å²) in [5.41, 5.74) is 4.99. The van der Waals surface area contributed by atoms with E-state index in [0.717, 1.165) is 28.1 Å². The van der Waals surface area contributed by atoms with Gasteiger partial charge in [-0.05, 0) is 42.5 Å². The van der Waals surface area contributed by atoms with Crippen molar-refractivity contribution in [3.63, 3.8) is 0 Å². The summed E-state index contributed by atoms with van der Waals surface area (Å²) in [5.74, 6) is 0.360. The fourth-order valence-corrected chi connectivity index (χ4v) is 2.32. The van der Waals surface area contributed by atoms with Crippen LogP contribution in [-0.4, -0.2) is 6.03 Å². The number of hydrogen-bond acceptors (Lipinski definition) is 1. The van der Waals surface area contributed by atoms with Crippen LogP contribution in [0, 0.1) is 13.8 Å². The summed E-state index contributed by atoms with van der Waals surface area (Å²) >= 11 is 0. The van der Waals surface area contributed by atoms with E-state index in [2.05, 4.69) is 30.5 Å². The van der Waals surface area contributed by atoms with Crippen molar-refractivity contribution in [1.82, 2.24) is 0 Å². The van der Waals surface area contributed by atoms with Gasteiger partial charge in [0.1, 0.15) is 0 Å². The first-order valence-corrected chi connectivity index (χ1v) is 7.22. The Labute approximate surface area is 126 Å². The van der Waals surface area contributed by atoms with Gasteiger partial charge in [0.2, 0.25) is 0 Å². The molecule has 0 saturated heterocycles. The van der Waals surface area contributed by atoms with Crippen LogP contribution in [0.1, 0.15) is 36.5 Å². The maximum Gasteiger partial charge on any atom is 0.323 e. The first-order valence-electron chi connectivity index (χ1n) is 7.22. The summed E-state index contributed by atoms with van der Waals surface area (Å²) in [4.78, 5) is 12.2. The maximum atomic E-state index is 12.2. The van der Waals surface area contributed by atoms with Crippen LogP contribution in [0.2, 0.25) is 0 Å². The van der Waals surface area contributed by atoms with Gasteiger partial charge in [-0.15, -0.1) is 0 Å². The van der Waals surface area contributed by atoms with E-state index in [1.54, 1.807) is 0 Å². The number of aryl methyl sites for hydroxylation is 2. The molecule has 0 heterocycles. The molecule has 0 unspecified atom stereocenters. The number of benzene rings is 2. The molecule has 0 bridgehead atoms. The Morgan fingerprint density at radius 2 is 1.57 bits per heavy atom. The molecule has 2 N–H and O–H groups in total. The standard InChI is InChI=1S/C18H22N2O/c1-12(2)15-10-7-9-14(4)17(15)20-18(21)19-16-11-6-5-8-13(16)3/h5-12H,1-4H3,(H2,19,20,21).